The fourth-order valence-electron chi connectivity index (χ4n) is 2.30. The van der Waals surface area contributed by atoms with Crippen molar-refractivity contribution in [3.8, 4) is 16.8 Å². The Morgan fingerprint density at radius 1 is 1.25 bits per heavy atom. The highest BCUT2D eigenvalue weighted by Crippen LogP contribution is 2.32. The number of hydrogen-bond acceptors (Lipinski definition) is 7. The van der Waals surface area contributed by atoms with Crippen LogP contribution in [0.25, 0.3) is 10.6 Å². The third-order valence-electron chi connectivity index (χ3n) is 3.54. The van der Waals surface area contributed by atoms with Crippen molar-refractivity contribution < 1.29 is 18.4 Å². The Labute approximate surface area is 165 Å². The topological polar surface area (TPSA) is 108 Å². The number of rotatable bonds is 5. The average molecular weight is 419 g/mol. The lowest BCUT2D eigenvalue weighted by molar-refractivity contribution is -0.115. The third kappa shape index (κ3) is 4.19. The van der Waals surface area contributed by atoms with Crippen molar-refractivity contribution in [2.45, 2.75) is 13.3 Å². The summed E-state index contributed by atoms with van der Waals surface area (Å²) in [5, 5.41) is 15.0. The standard InChI is InChI=1S/C17H11F2N5O2S2/c1-8-14(28-16(22-8)15(26)21-7-20)12-6-27-17(23-12)24-13(25)5-9-10(18)3-2-4-11(9)19/h2-4,6H,5H2,1H3,(H,21,26)(H,23,24,25). The minimum atomic E-state index is -0.793. The van der Waals surface area contributed by atoms with Gasteiger partial charge < -0.3 is 5.32 Å². The van der Waals surface area contributed by atoms with Gasteiger partial charge >= 0.3 is 0 Å². The van der Waals surface area contributed by atoms with Crippen LogP contribution >= 0.6 is 22.7 Å². The lowest BCUT2D eigenvalue weighted by atomic mass is 10.1. The molecule has 2 amide bonds. The molecule has 0 saturated heterocycles. The van der Waals surface area contributed by atoms with E-state index < -0.39 is 29.9 Å². The predicted octanol–water partition coefficient (Wildman–Crippen LogP) is 3.25. The number of thiazole rings is 2. The molecule has 0 aliphatic heterocycles. The summed E-state index contributed by atoms with van der Waals surface area (Å²) in [6.07, 6.45) is 1.07. The zero-order chi connectivity index (χ0) is 20.3. The molecule has 0 fully saturated rings. The second-order valence-corrected chi connectivity index (χ2v) is 7.32. The van der Waals surface area contributed by atoms with Crippen LogP contribution in [-0.2, 0) is 11.2 Å². The van der Waals surface area contributed by atoms with E-state index in [0.717, 1.165) is 34.8 Å². The van der Waals surface area contributed by atoms with E-state index in [0.29, 0.717) is 16.3 Å². The van der Waals surface area contributed by atoms with Gasteiger partial charge in [0.15, 0.2) is 16.3 Å². The molecule has 0 atom stereocenters. The van der Waals surface area contributed by atoms with Gasteiger partial charge in [-0.25, -0.2) is 18.7 Å². The quantitative estimate of drug-likeness (QED) is 0.488. The first-order valence-corrected chi connectivity index (χ1v) is 9.44. The van der Waals surface area contributed by atoms with Crippen molar-refractivity contribution in [3.05, 3.63) is 51.5 Å². The molecule has 11 heteroatoms. The summed E-state index contributed by atoms with van der Waals surface area (Å²) >= 11 is 2.18. The van der Waals surface area contributed by atoms with Gasteiger partial charge in [0.1, 0.15) is 11.6 Å². The summed E-state index contributed by atoms with van der Waals surface area (Å²) in [5.74, 6) is -2.81. The largest absolute Gasteiger partial charge is 0.302 e. The number of anilines is 1. The fraction of sp³-hybridized carbons (Fsp3) is 0.118. The molecule has 0 unspecified atom stereocenters. The molecule has 0 saturated carbocycles. The smallest absolute Gasteiger partial charge is 0.293 e. The van der Waals surface area contributed by atoms with Crippen LogP contribution in [-0.4, -0.2) is 21.8 Å². The van der Waals surface area contributed by atoms with Crippen LogP contribution in [0.15, 0.2) is 23.6 Å². The van der Waals surface area contributed by atoms with Gasteiger partial charge in [-0.2, -0.15) is 5.26 Å². The van der Waals surface area contributed by atoms with Crippen molar-refractivity contribution in [1.82, 2.24) is 15.3 Å². The molecule has 0 radical (unpaired) electrons. The van der Waals surface area contributed by atoms with Gasteiger partial charge in [0, 0.05) is 10.9 Å². The molecule has 142 valence electrons. The number of carbonyl (C=O) groups excluding carboxylic acids is 2. The number of halogens is 2. The molecule has 7 nitrogen and oxygen atoms in total. The van der Waals surface area contributed by atoms with Crippen molar-refractivity contribution >= 4 is 39.6 Å². The maximum absolute atomic E-state index is 13.7. The third-order valence-corrected chi connectivity index (χ3v) is 5.48. The molecule has 2 heterocycles. The fourth-order valence-corrected chi connectivity index (χ4v) is 4.01. The van der Waals surface area contributed by atoms with Gasteiger partial charge in [-0.15, -0.1) is 22.7 Å². The molecule has 0 spiro atoms. The number of nitrogens with zero attached hydrogens (tertiary/aromatic N) is 3. The van der Waals surface area contributed by atoms with Gasteiger partial charge in [-0.1, -0.05) is 6.07 Å². The van der Waals surface area contributed by atoms with Crippen LogP contribution in [0.5, 0.6) is 0 Å². The van der Waals surface area contributed by atoms with Gasteiger partial charge in [-0.3, -0.25) is 14.9 Å². The Balaban J connectivity index is 1.73. The van der Waals surface area contributed by atoms with E-state index in [1.54, 1.807) is 18.5 Å². The molecule has 0 aliphatic carbocycles. The first-order valence-electron chi connectivity index (χ1n) is 7.74. The number of aromatic nitrogens is 2. The Bertz CT molecular complexity index is 1080. The predicted molar refractivity (Wildman–Crippen MR) is 99.7 cm³/mol. The monoisotopic (exact) mass is 419 g/mol. The Morgan fingerprint density at radius 3 is 2.64 bits per heavy atom. The number of hydrogen-bond donors (Lipinski definition) is 2. The van der Waals surface area contributed by atoms with Gasteiger partial charge in [0.25, 0.3) is 5.91 Å². The van der Waals surface area contributed by atoms with Crippen LogP contribution < -0.4 is 10.6 Å². The van der Waals surface area contributed by atoms with Crippen LogP contribution in [0.3, 0.4) is 0 Å². The summed E-state index contributed by atoms with van der Waals surface area (Å²) in [4.78, 5) is 32.8. The van der Waals surface area contributed by atoms with Gasteiger partial charge in [0.2, 0.25) is 5.91 Å². The Kier molecular flexibility index (Phi) is 5.72. The van der Waals surface area contributed by atoms with Gasteiger partial charge in [0.05, 0.1) is 22.7 Å². The lowest BCUT2D eigenvalue weighted by Gasteiger charge is -2.04. The first-order chi connectivity index (χ1) is 13.4. The minimum absolute atomic E-state index is 0.114. The number of aryl methyl sites for hydroxylation is 1. The highest BCUT2D eigenvalue weighted by atomic mass is 32.1. The van der Waals surface area contributed by atoms with Gasteiger partial charge in [-0.05, 0) is 19.1 Å². The highest BCUT2D eigenvalue weighted by Gasteiger charge is 2.19. The number of amides is 2. The van der Waals surface area contributed by atoms with Crippen LogP contribution in [0.4, 0.5) is 13.9 Å². The molecule has 2 N–H and O–H groups in total. The SMILES string of the molecule is Cc1nc(C(=O)NC#N)sc1-c1csc(NC(=O)Cc2c(F)cccc2F)n1. The second kappa shape index (κ2) is 8.20. The molecular weight excluding hydrogens is 408 g/mol. The average Bonchev–Trinajstić information content (AvgIpc) is 3.25. The summed E-state index contributed by atoms with van der Waals surface area (Å²) < 4.78 is 27.3. The normalized spacial score (nSPS) is 10.4. The van der Waals surface area contributed by atoms with Crippen LogP contribution in [0.1, 0.15) is 21.1 Å². The summed E-state index contributed by atoms with van der Waals surface area (Å²) in [5.41, 5.74) is 0.719. The molecule has 0 aliphatic rings. The van der Waals surface area contributed by atoms with E-state index in [-0.39, 0.29) is 15.7 Å². The molecule has 3 aromatic rings. The van der Waals surface area contributed by atoms with Crippen molar-refractivity contribution in [2.24, 2.45) is 0 Å². The number of benzene rings is 1. The zero-order valence-corrected chi connectivity index (χ0v) is 15.9. The Hall–Kier alpha value is -3.23. The molecule has 3 rings (SSSR count). The number of nitriles is 1. The molecule has 28 heavy (non-hydrogen) atoms. The molecule has 1 aromatic carbocycles. The summed E-state index contributed by atoms with van der Waals surface area (Å²) in [6.45, 7) is 1.69. The maximum atomic E-state index is 13.7. The highest BCUT2D eigenvalue weighted by molar-refractivity contribution is 7.18. The van der Waals surface area contributed by atoms with Crippen LogP contribution in [0, 0.1) is 30.0 Å². The van der Waals surface area contributed by atoms with Crippen molar-refractivity contribution in [3.63, 3.8) is 0 Å². The number of nitrogens with one attached hydrogen (secondary N) is 2. The first kappa shape index (κ1) is 19.5. The maximum Gasteiger partial charge on any atom is 0.293 e. The van der Waals surface area contributed by atoms with E-state index in [2.05, 4.69) is 15.3 Å². The van der Waals surface area contributed by atoms with E-state index in [1.165, 1.54) is 6.07 Å². The molecular formula is C17H11F2N5O2S2. The minimum Gasteiger partial charge on any atom is -0.302 e. The Morgan fingerprint density at radius 2 is 1.96 bits per heavy atom. The summed E-state index contributed by atoms with van der Waals surface area (Å²) in [6, 6.07) is 3.39. The van der Waals surface area contributed by atoms with Crippen LogP contribution in [0.2, 0.25) is 0 Å². The second-order valence-electron chi connectivity index (χ2n) is 5.46. The molecule has 2 aromatic heterocycles. The lowest BCUT2D eigenvalue weighted by Crippen LogP contribution is -2.16. The van der Waals surface area contributed by atoms with Crippen molar-refractivity contribution in [2.75, 3.05) is 5.32 Å². The zero-order valence-electron chi connectivity index (χ0n) is 14.2. The van der Waals surface area contributed by atoms with Crippen molar-refractivity contribution in [1.29, 1.82) is 5.26 Å². The van der Waals surface area contributed by atoms with E-state index in [4.69, 9.17) is 5.26 Å². The van der Waals surface area contributed by atoms with E-state index in [1.807, 2.05) is 5.32 Å². The van der Waals surface area contributed by atoms with E-state index in [9.17, 15) is 18.4 Å². The number of carbonyl (C=O) groups is 2. The molecule has 0 bridgehead atoms. The van der Waals surface area contributed by atoms with E-state index >= 15 is 0 Å². The summed E-state index contributed by atoms with van der Waals surface area (Å²) in [7, 11) is 0.